The fraction of sp³-hybridized carbons (Fsp3) is 0.917. The number of ether oxygens (including phenoxy) is 2. The lowest BCUT2D eigenvalue weighted by atomic mass is 9.56. The summed E-state index contributed by atoms with van der Waals surface area (Å²) < 4.78 is 12.4. The number of rotatable bonds is 3. The molecule has 0 bridgehead atoms. The Kier molecular flexibility index (Phi) is 4.84. The predicted molar refractivity (Wildman–Crippen MR) is 107 cm³/mol. The second-order valence-corrected chi connectivity index (χ2v) is 11.3. The van der Waals surface area contributed by atoms with Crippen molar-refractivity contribution in [2.75, 3.05) is 13.7 Å². The van der Waals surface area contributed by atoms with E-state index in [1.165, 1.54) is 51.4 Å². The van der Waals surface area contributed by atoms with E-state index in [0.29, 0.717) is 11.3 Å². The van der Waals surface area contributed by atoms with Gasteiger partial charge in [-0.3, -0.25) is 0 Å². The van der Waals surface area contributed by atoms with E-state index in [0.717, 1.165) is 31.3 Å². The first-order valence-electron chi connectivity index (χ1n) is 11.2. The van der Waals surface area contributed by atoms with Crippen molar-refractivity contribution >= 4 is 0 Å². The summed E-state index contributed by atoms with van der Waals surface area (Å²) in [5.41, 5.74) is 4.58. The standard InChI is InChI=1S/C24H40O2/c1-22(2,3)16-26-24(25-5)14-11-18-17(15-24)8-9-20-19(18)10-13-23(4)12-6-7-21(20)23/h17,20-21H,6-16H2,1-5H3. The second-order valence-electron chi connectivity index (χ2n) is 11.3. The Labute approximate surface area is 161 Å². The van der Waals surface area contributed by atoms with Crippen LogP contribution < -0.4 is 0 Å². The minimum Gasteiger partial charge on any atom is -0.353 e. The Morgan fingerprint density at radius 1 is 1.00 bits per heavy atom. The van der Waals surface area contributed by atoms with Crippen molar-refractivity contribution in [1.29, 1.82) is 0 Å². The molecule has 5 atom stereocenters. The molecule has 0 radical (unpaired) electrons. The van der Waals surface area contributed by atoms with Crippen LogP contribution in [0.4, 0.5) is 0 Å². The van der Waals surface area contributed by atoms with Crippen LogP contribution in [0.2, 0.25) is 0 Å². The maximum atomic E-state index is 6.41. The van der Waals surface area contributed by atoms with Crippen molar-refractivity contribution in [1.82, 2.24) is 0 Å². The largest absolute Gasteiger partial charge is 0.353 e. The summed E-state index contributed by atoms with van der Waals surface area (Å²) >= 11 is 0. The van der Waals surface area contributed by atoms with Crippen LogP contribution in [0.1, 0.15) is 91.9 Å². The van der Waals surface area contributed by atoms with Crippen molar-refractivity contribution in [2.45, 2.75) is 97.7 Å². The molecule has 3 saturated carbocycles. The summed E-state index contributed by atoms with van der Waals surface area (Å²) in [5.74, 6) is 2.26. The fourth-order valence-electron chi connectivity index (χ4n) is 6.81. The quantitative estimate of drug-likeness (QED) is 0.422. The fourth-order valence-corrected chi connectivity index (χ4v) is 6.81. The zero-order chi connectivity index (χ0) is 18.6. The van der Waals surface area contributed by atoms with Crippen molar-refractivity contribution < 1.29 is 9.47 Å². The minimum atomic E-state index is -0.342. The first-order valence-corrected chi connectivity index (χ1v) is 11.2. The van der Waals surface area contributed by atoms with Crippen LogP contribution in [0.25, 0.3) is 0 Å². The molecule has 26 heavy (non-hydrogen) atoms. The van der Waals surface area contributed by atoms with Crippen LogP contribution >= 0.6 is 0 Å². The van der Waals surface area contributed by atoms with Gasteiger partial charge in [0, 0.05) is 20.0 Å². The average molecular weight is 361 g/mol. The summed E-state index contributed by atoms with van der Waals surface area (Å²) in [6, 6.07) is 0. The molecule has 0 spiro atoms. The molecule has 4 aliphatic carbocycles. The molecule has 0 aromatic heterocycles. The van der Waals surface area contributed by atoms with Gasteiger partial charge in [0.2, 0.25) is 0 Å². The normalized spacial score (nSPS) is 43.0. The lowest BCUT2D eigenvalue weighted by molar-refractivity contribution is -0.251. The van der Waals surface area contributed by atoms with Crippen LogP contribution in [0.3, 0.4) is 0 Å². The van der Waals surface area contributed by atoms with E-state index in [1.54, 1.807) is 0 Å². The molecule has 0 amide bonds. The van der Waals surface area contributed by atoms with E-state index < -0.39 is 0 Å². The Hall–Kier alpha value is -0.340. The topological polar surface area (TPSA) is 18.5 Å². The highest BCUT2D eigenvalue weighted by Gasteiger charge is 2.51. The van der Waals surface area contributed by atoms with Gasteiger partial charge in [-0.25, -0.2) is 0 Å². The Morgan fingerprint density at radius 3 is 2.50 bits per heavy atom. The maximum absolute atomic E-state index is 6.41. The molecular formula is C24H40O2. The third kappa shape index (κ3) is 3.30. The zero-order valence-corrected chi connectivity index (χ0v) is 17.8. The Bertz CT molecular complexity index is 571. The molecule has 3 fully saturated rings. The van der Waals surface area contributed by atoms with Crippen LogP contribution in [0, 0.1) is 28.6 Å². The third-order valence-electron chi connectivity index (χ3n) is 8.26. The molecule has 148 valence electrons. The van der Waals surface area contributed by atoms with E-state index in [-0.39, 0.29) is 11.2 Å². The van der Waals surface area contributed by atoms with Gasteiger partial charge in [0.1, 0.15) is 0 Å². The predicted octanol–water partition coefficient (Wildman–Crippen LogP) is 6.50. The zero-order valence-electron chi connectivity index (χ0n) is 17.8. The third-order valence-corrected chi connectivity index (χ3v) is 8.26. The number of fused-ring (bicyclic) bond motifs is 4. The average Bonchev–Trinajstić information content (AvgIpc) is 3.00. The van der Waals surface area contributed by atoms with Crippen molar-refractivity contribution in [3.05, 3.63) is 11.1 Å². The number of methoxy groups -OCH3 is 1. The lowest BCUT2D eigenvalue weighted by Crippen LogP contribution is -2.45. The molecule has 5 unspecified atom stereocenters. The van der Waals surface area contributed by atoms with Crippen LogP contribution in [0.5, 0.6) is 0 Å². The monoisotopic (exact) mass is 360 g/mol. The Morgan fingerprint density at radius 2 is 1.77 bits per heavy atom. The maximum Gasteiger partial charge on any atom is 0.168 e. The van der Waals surface area contributed by atoms with E-state index in [1.807, 2.05) is 18.3 Å². The molecule has 4 rings (SSSR count). The van der Waals surface area contributed by atoms with Crippen LogP contribution in [-0.4, -0.2) is 19.5 Å². The van der Waals surface area contributed by atoms with Gasteiger partial charge >= 0.3 is 0 Å². The molecular weight excluding hydrogens is 320 g/mol. The summed E-state index contributed by atoms with van der Waals surface area (Å²) in [6.45, 7) is 10.1. The van der Waals surface area contributed by atoms with E-state index in [2.05, 4.69) is 27.7 Å². The van der Waals surface area contributed by atoms with Gasteiger partial charge in [-0.2, -0.15) is 0 Å². The van der Waals surface area contributed by atoms with Crippen molar-refractivity contribution in [3.8, 4) is 0 Å². The second kappa shape index (κ2) is 6.62. The minimum absolute atomic E-state index is 0.193. The number of hydrogen-bond donors (Lipinski definition) is 0. The summed E-state index contributed by atoms with van der Waals surface area (Å²) in [5, 5.41) is 0. The summed E-state index contributed by atoms with van der Waals surface area (Å²) in [6.07, 6.45) is 13.4. The first kappa shape index (κ1) is 19.0. The summed E-state index contributed by atoms with van der Waals surface area (Å²) in [4.78, 5) is 0. The molecule has 0 aliphatic heterocycles. The highest BCUT2D eigenvalue weighted by molar-refractivity contribution is 5.29. The lowest BCUT2D eigenvalue weighted by Gasteiger charge is -2.51. The van der Waals surface area contributed by atoms with Crippen LogP contribution in [0.15, 0.2) is 11.1 Å². The highest BCUT2D eigenvalue weighted by atomic mass is 16.7. The smallest absolute Gasteiger partial charge is 0.168 e. The van der Waals surface area contributed by atoms with Gasteiger partial charge in [-0.05, 0) is 73.5 Å². The van der Waals surface area contributed by atoms with E-state index in [9.17, 15) is 0 Å². The van der Waals surface area contributed by atoms with Crippen LogP contribution in [-0.2, 0) is 9.47 Å². The van der Waals surface area contributed by atoms with Gasteiger partial charge in [0.25, 0.3) is 0 Å². The first-order chi connectivity index (χ1) is 12.3. The molecule has 0 heterocycles. The van der Waals surface area contributed by atoms with Gasteiger partial charge < -0.3 is 9.47 Å². The van der Waals surface area contributed by atoms with E-state index >= 15 is 0 Å². The Balaban J connectivity index is 1.52. The van der Waals surface area contributed by atoms with Crippen molar-refractivity contribution in [2.24, 2.45) is 28.6 Å². The van der Waals surface area contributed by atoms with E-state index in [4.69, 9.17) is 9.47 Å². The van der Waals surface area contributed by atoms with Gasteiger partial charge in [0.15, 0.2) is 5.79 Å². The highest BCUT2D eigenvalue weighted by Crippen LogP contribution is 2.61. The van der Waals surface area contributed by atoms with Gasteiger partial charge in [-0.1, -0.05) is 45.3 Å². The SMILES string of the molecule is COC1(OCC(C)(C)C)CCC2=C3CCC4(C)CCCC4C3CCC2C1. The molecule has 0 saturated heterocycles. The molecule has 4 aliphatic rings. The number of allylic oxidation sites excluding steroid dienone is 2. The number of hydrogen-bond acceptors (Lipinski definition) is 2. The van der Waals surface area contributed by atoms with Gasteiger partial charge in [0.05, 0.1) is 6.61 Å². The molecule has 0 N–H and O–H groups in total. The molecule has 2 nitrogen and oxygen atoms in total. The summed E-state index contributed by atoms with van der Waals surface area (Å²) in [7, 11) is 1.86. The van der Waals surface area contributed by atoms with Gasteiger partial charge in [-0.15, -0.1) is 0 Å². The molecule has 0 aromatic rings. The molecule has 0 aromatic carbocycles. The molecule has 2 heteroatoms. The van der Waals surface area contributed by atoms with Crippen molar-refractivity contribution in [3.63, 3.8) is 0 Å².